The molecule has 1 aliphatic heterocycles. The minimum Gasteiger partial charge on any atom is -0.344 e. The molecule has 0 saturated heterocycles. The standard InChI is InChI=1S/C26H24N2O3S/c29-26(17-16-21-10-4-1-5-11-21)27-25-20-28(32(30,31)23-14-8-3-9-15-23)19-18-24(25)22-12-6-2-7-13-22/h1-18,25H,19-20H2,(H,27,29)/b17-16+. The first-order valence-corrected chi connectivity index (χ1v) is 11.8. The van der Waals surface area contributed by atoms with E-state index in [1.165, 1.54) is 10.4 Å². The number of amides is 1. The summed E-state index contributed by atoms with van der Waals surface area (Å²) in [6, 6.07) is 27.1. The van der Waals surface area contributed by atoms with Gasteiger partial charge >= 0.3 is 0 Å². The highest BCUT2D eigenvalue weighted by molar-refractivity contribution is 7.89. The van der Waals surface area contributed by atoms with Crippen molar-refractivity contribution in [2.75, 3.05) is 13.1 Å². The van der Waals surface area contributed by atoms with Gasteiger partial charge in [0.1, 0.15) is 0 Å². The van der Waals surface area contributed by atoms with Crippen molar-refractivity contribution in [2.45, 2.75) is 10.9 Å². The molecule has 0 bridgehead atoms. The van der Waals surface area contributed by atoms with Crippen LogP contribution in [0.2, 0.25) is 0 Å². The number of hydrogen-bond donors (Lipinski definition) is 1. The summed E-state index contributed by atoms with van der Waals surface area (Å²) in [6.07, 6.45) is 5.09. The van der Waals surface area contributed by atoms with Gasteiger partial charge in [-0.15, -0.1) is 0 Å². The Morgan fingerprint density at radius 1 is 0.875 bits per heavy atom. The van der Waals surface area contributed by atoms with E-state index in [1.54, 1.807) is 36.4 Å². The first-order valence-electron chi connectivity index (χ1n) is 10.4. The molecule has 5 nitrogen and oxygen atoms in total. The quantitative estimate of drug-likeness (QED) is 0.585. The Kier molecular flexibility index (Phi) is 6.63. The van der Waals surface area contributed by atoms with E-state index < -0.39 is 16.1 Å². The molecule has 3 aromatic carbocycles. The molecule has 1 aliphatic rings. The van der Waals surface area contributed by atoms with Crippen LogP contribution < -0.4 is 5.32 Å². The summed E-state index contributed by atoms with van der Waals surface area (Å²) >= 11 is 0. The maximum atomic E-state index is 13.1. The predicted octanol–water partition coefficient (Wildman–Crippen LogP) is 3.97. The Bertz CT molecular complexity index is 1220. The number of carbonyl (C=O) groups is 1. The Labute approximate surface area is 188 Å². The highest BCUT2D eigenvalue weighted by atomic mass is 32.2. The molecule has 1 amide bonds. The smallest absolute Gasteiger partial charge is 0.244 e. The molecule has 0 fully saturated rings. The van der Waals surface area contributed by atoms with E-state index in [2.05, 4.69) is 5.32 Å². The molecule has 6 heteroatoms. The molecule has 1 N–H and O–H groups in total. The minimum absolute atomic E-state index is 0.156. The van der Waals surface area contributed by atoms with Gasteiger partial charge < -0.3 is 5.32 Å². The number of benzene rings is 3. The SMILES string of the molecule is O=C(/C=C/c1ccccc1)NC1CN(S(=O)(=O)c2ccccc2)CC=C1c1ccccc1. The zero-order valence-corrected chi connectivity index (χ0v) is 18.3. The van der Waals surface area contributed by atoms with Gasteiger partial charge in [-0.2, -0.15) is 4.31 Å². The van der Waals surface area contributed by atoms with E-state index in [9.17, 15) is 13.2 Å². The Morgan fingerprint density at radius 3 is 2.12 bits per heavy atom. The average molecular weight is 445 g/mol. The third-order valence-corrected chi connectivity index (χ3v) is 7.15. The molecule has 1 heterocycles. The molecule has 4 rings (SSSR count). The minimum atomic E-state index is -3.67. The largest absolute Gasteiger partial charge is 0.344 e. The summed E-state index contributed by atoms with van der Waals surface area (Å²) in [6.45, 7) is 0.399. The molecule has 1 atom stereocenters. The van der Waals surface area contributed by atoms with Gasteiger partial charge in [-0.05, 0) is 34.9 Å². The number of sulfonamides is 1. The molecule has 162 valence electrons. The molecule has 0 saturated carbocycles. The number of rotatable bonds is 6. The number of hydrogen-bond acceptors (Lipinski definition) is 3. The number of nitrogens with zero attached hydrogens (tertiary/aromatic N) is 1. The van der Waals surface area contributed by atoms with Crippen molar-refractivity contribution < 1.29 is 13.2 Å². The van der Waals surface area contributed by atoms with Crippen LogP contribution in [0, 0.1) is 0 Å². The van der Waals surface area contributed by atoms with Gasteiger partial charge in [-0.3, -0.25) is 4.79 Å². The molecule has 3 aromatic rings. The molecular weight excluding hydrogens is 420 g/mol. The first-order chi connectivity index (χ1) is 15.5. The van der Waals surface area contributed by atoms with Crippen molar-refractivity contribution in [3.05, 3.63) is 114 Å². The normalized spacial score (nSPS) is 17.1. The van der Waals surface area contributed by atoms with E-state index in [4.69, 9.17) is 0 Å². The van der Waals surface area contributed by atoms with Crippen LogP contribution in [0.4, 0.5) is 0 Å². The fourth-order valence-electron chi connectivity index (χ4n) is 3.69. The summed E-state index contributed by atoms with van der Waals surface area (Å²) in [5.74, 6) is -0.278. The fourth-order valence-corrected chi connectivity index (χ4v) is 5.10. The van der Waals surface area contributed by atoms with Crippen LogP contribution in [0.1, 0.15) is 11.1 Å². The summed E-state index contributed by atoms with van der Waals surface area (Å²) in [5.41, 5.74) is 2.78. The van der Waals surface area contributed by atoms with Gasteiger partial charge in [0.15, 0.2) is 0 Å². The van der Waals surface area contributed by atoms with E-state index in [-0.39, 0.29) is 23.9 Å². The van der Waals surface area contributed by atoms with Crippen LogP contribution in [-0.4, -0.2) is 37.8 Å². The van der Waals surface area contributed by atoms with Gasteiger partial charge in [-0.1, -0.05) is 84.9 Å². The highest BCUT2D eigenvalue weighted by Gasteiger charge is 2.32. The van der Waals surface area contributed by atoms with Gasteiger partial charge in [0.2, 0.25) is 15.9 Å². The summed E-state index contributed by atoms with van der Waals surface area (Å²) in [4.78, 5) is 12.9. The molecular formula is C26H24N2O3S. The van der Waals surface area contributed by atoms with Crippen molar-refractivity contribution in [2.24, 2.45) is 0 Å². The maximum absolute atomic E-state index is 13.1. The van der Waals surface area contributed by atoms with Crippen molar-refractivity contribution in [1.29, 1.82) is 0 Å². The van der Waals surface area contributed by atoms with E-state index >= 15 is 0 Å². The lowest BCUT2D eigenvalue weighted by molar-refractivity contribution is -0.116. The van der Waals surface area contributed by atoms with Crippen LogP contribution in [0.5, 0.6) is 0 Å². The molecule has 0 radical (unpaired) electrons. The number of nitrogens with one attached hydrogen (secondary N) is 1. The number of carbonyl (C=O) groups excluding carboxylic acids is 1. The lowest BCUT2D eigenvalue weighted by atomic mass is 9.95. The topological polar surface area (TPSA) is 66.5 Å². The molecule has 0 aromatic heterocycles. The van der Waals surface area contributed by atoms with Gasteiger partial charge in [0, 0.05) is 19.2 Å². The maximum Gasteiger partial charge on any atom is 0.244 e. The molecule has 32 heavy (non-hydrogen) atoms. The second kappa shape index (κ2) is 9.77. The van der Waals surface area contributed by atoms with Crippen molar-refractivity contribution >= 4 is 27.6 Å². The van der Waals surface area contributed by atoms with Crippen LogP contribution in [0.15, 0.2) is 108 Å². The Morgan fingerprint density at radius 2 is 1.47 bits per heavy atom. The summed E-state index contributed by atoms with van der Waals surface area (Å²) < 4.78 is 27.7. The third kappa shape index (κ3) is 5.04. The second-order valence-corrected chi connectivity index (χ2v) is 9.40. The predicted molar refractivity (Wildman–Crippen MR) is 127 cm³/mol. The van der Waals surface area contributed by atoms with Crippen LogP contribution in [0.25, 0.3) is 11.6 Å². The van der Waals surface area contributed by atoms with Crippen LogP contribution in [-0.2, 0) is 14.8 Å². The van der Waals surface area contributed by atoms with Crippen molar-refractivity contribution in [3.63, 3.8) is 0 Å². The van der Waals surface area contributed by atoms with Gasteiger partial charge in [0.05, 0.1) is 10.9 Å². The molecule has 0 aliphatic carbocycles. The van der Waals surface area contributed by atoms with E-state index in [1.807, 2.05) is 66.7 Å². The van der Waals surface area contributed by atoms with Gasteiger partial charge in [0.25, 0.3) is 0 Å². The van der Waals surface area contributed by atoms with Crippen molar-refractivity contribution in [3.8, 4) is 0 Å². The molecule has 1 unspecified atom stereocenters. The second-order valence-electron chi connectivity index (χ2n) is 7.47. The zero-order valence-electron chi connectivity index (χ0n) is 17.5. The van der Waals surface area contributed by atoms with Crippen LogP contribution in [0.3, 0.4) is 0 Å². The zero-order chi connectivity index (χ0) is 22.4. The molecule has 0 spiro atoms. The third-order valence-electron chi connectivity index (χ3n) is 5.31. The fraction of sp³-hybridized carbons (Fsp3) is 0.115. The lowest BCUT2D eigenvalue weighted by Crippen LogP contribution is -2.48. The van der Waals surface area contributed by atoms with Crippen LogP contribution >= 0.6 is 0 Å². The Balaban J connectivity index is 1.59. The van der Waals surface area contributed by atoms with E-state index in [0.717, 1.165) is 16.7 Å². The average Bonchev–Trinajstić information content (AvgIpc) is 2.84. The van der Waals surface area contributed by atoms with E-state index in [0.29, 0.717) is 0 Å². The highest BCUT2D eigenvalue weighted by Crippen LogP contribution is 2.26. The Hall–Kier alpha value is -3.48. The van der Waals surface area contributed by atoms with Crippen molar-refractivity contribution in [1.82, 2.24) is 9.62 Å². The van der Waals surface area contributed by atoms with Gasteiger partial charge in [-0.25, -0.2) is 8.42 Å². The monoisotopic (exact) mass is 444 g/mol. The first kappa shape index (κ1) is 21.7. The summed E-state index contributed by atoms with van der Waals surface area (Å²) in [7, 11) is -3.67. The summed E-state index contributed by atoms with van der Waals surface area (Å²) in [5, 5.41) is 2.99. The lowest BCUT2D eigenvalue weighted by Gasteiger charge is -2.33.